The summed E-state index contributed by atoms with van der Waals surface area (Å²) >= 11 is 0. The monoisotopic (exact) mass is 278 g/mol. The van der Waals surface area contributed by atoms with Gasteiger partial charge in [0.25, 0.3) is 0 Å². The van der Waals surface area contributed by atoms with E-state index in [1.165, 1.54) is 0 Å². The number of fused-ring (bicyclic) bond motifs is 2. The highest BCUT2D eigenvalue weighted by atomic mass is 16.4. The van der Waals surface area contributed by atoms with E-state index in [0.717, 1.165) is 18.4 Å². The fourth-order valence-corrected chi connectivity index (χ4v) is 4.08. The number of hydrogen-bond donors (Lipinski definition) is 1. The fourth-order valence-electron chi connectivity index (χ4n) is 4.08. The van der Waals surface area contributed by atoms with Crippen LogP contribution in [0, 0.1) is 28.6 Å². The van der Waals surface area contributed by atoms with Crippen LogP contribution in [0.3, 0.4) is 0 Å². The highest BCUT2D eigenvalue weighted by Crippen LogP contribution is 2.65. The maximum atomic E-state index is 12.7. The SMILES string of the molecule is CC(C)CC(/C=C1/C(=O)C2(C)CCC1C2(C)C)C(=O)O. The number of carbonyl (C=O) groups excluding carboxylic acids is 1. The summed E-state index contributed by atoms with van der Waals surface area (Å²) in [5.41, 5.74) is 0.443. The van der Waals surface area contributed by atoms with Crippen LogP contribution in [-0.4, -0.2) is 16.9 Å². The smallest absolute Gasteiger partial charge is 0.310 e. The summed E-state index contributed by atoms with van der Waals surface area (Å²) in [4.78, 5) is 24.1. The number of rotatable bonds is 4. The molecule has 2 rings (SSSR count). The third-order valence-corrected chi connectivity index (χ3v) is 5.79. The molecule has 3 heteroatoms. The van der Waals surface area contributed by atoms with Gasteiger partial charge in [0, 0.05) is 5.41 Å². The van der Waals surface area contributed by atoms with Gasteiger partial charge in [0.1, 0.15) is 0 Å². The Labute approximate surface area is 121 Å². The second-order valence-electron chi connectivity index (χ2n) is 7.67. The lowest BCUT2D eigenvalue weighted by molar-refractivity contribution is -0.140. The summed E-state index contributed by atoms with van der Waals surface area (Å²) in [5, 5.41) is 9.38. The molecule has 3 nitrogen and oxygen atoms in total. The zero-order valence-electron chi connectivity index (χ0n) is 13.2. The van der Waals surface area contributed by atoms with Crippen molar-refractivity contribution in [2.24, 2.45) is 28.6 Å². The molecule has 0 spiro atoms. The van der Waals surface area contributed by atoms with E-state index >= 15 is 0 Å². The highest BCUT2D eigenvalue weighted by Gasteiger charge is 2.63. The normalized spacial score (nSPS) is 35.0. The molecule has 3 unspecified atom stereocenters. The van der Waals surface area contributed by atoms with Crippen LogP contribution in [-0.2, 0) is 9.59 Å². The molecule has 2 bridgehead atoms. The van der Waals surface area contributed by atoms with E-state index in [0.29, 0.717) is 12.3 Å². The predicted octanol–water partition coefficient (Wildman–Crippen LogP) is 3.68. The second kappa shape index (κ2) is 4.71. The highest BCUT2D eigenvalue weighted by molar-refractivity contribution is 6.05. The number of aliphatic carboxylic acids is 1. The van der Waals surface area contributed by atoms with Crippen LogP contribution in [0.25, 0.3) is 0 Å². The first-order chi connectivity index (χ1) is 9.11. The lowest BCUT2D eigenvalue weighted by Crippen LogP contribution is -2.32. The molecule has 2 aliphatic carbocycles. The fraction of sp³-hybridized carbons (Fsp3) is 0.765. The lowest BCUT2D eigenvalue weighted by Gasteiger charge is -2.31. The van der Waals surface area contributed by atoms with Gasteiger partial charge in [0.15, 0.2) is 5.78 Å². The molecule has 2 aliphatic rings. The number of ketones is 1. The zero-order chi connectivity index (χ0) is 15.3. The molecule has 2 saturated carbocycles. The number of carboxylic acid groups (broad SMARTS) is 1. The van der Waals surface area contributed by atoms with Crippen LogP contribution in [0.15, 0.2) is 11.6 Å². The van der Waals surface area contributed by atoms with Gasteiger partial charge in [0.2, 0.25) is 0 Å². The average molecular weight is 278 g/mol. The minimum atomic E-state index is -0.815. The van der Waals surface area contributed by atoms with Crippen molar-refractivity contribution in [3.8, 4) is 0 Å². The van der Waals surface area contributed by atoms with Crippen LogP contribution >= 0.6 is 0 Å². The molecule has 0 heterocycles. The molecule has 0 amide bonds. The number of allylic oxidation sites excluding steroid dienone is 1. The van der Waals surface area contributed by atoms with E-state index in [9.17, 15) is 14.7 Å². The summed E-state index contributed by atoms with van der Waals surface area (Å²) < 4.78 is 0. The molecule has 112 valence electrons. The van der Waals surface area contributed by atoms with Gasteiger partial charge in [-0.15, -0.1) is 0 Å². The molecule has 1 N–H and O–H groups in total. The molecule has 0 saturated heterocycles. The first kappa shape index (κ1) is 15.3. The van der Waals surface area contributed by atoms with Gasteiger partial charge >= 0.3 is 5.97 Å². The van der Waals surface area contributed by atoms with Crippen LogP contribution < -0.4 is 0 Å². The number of carbonyl (C=O) groups is 2. The molecule has 2 fully saturated rings. The minimum absolute atomic E-state index is 0.0448. The van der Waals surface area contributed by atoms with Crippen molar-refractivity contribution in [3.05, 3.63) is 11.6 Å². The topological polar surface area (TPSA) is 54.4 Å². The third-order valence-electron chi connectivity index (χ3n) is 5.79. The van der Waals surface area contributed by atoms with E-state index in [4.69, 9.17) is 0 Å². The van der Waals surface area contributed by atoms with E-state index in [1.807, 2.05) is 20.8 Å². The number of hydrogen-bond acceptors (Lipinski definition) is 2. The largest absolute Gasteiger partial charge is 0.481 e. The van der Waals surface area contributed by atoms with Gasteiger partial charge < -0.3 is 5.11 Å². The Morgan fingerprint density at radius 2 is 2.00 bits per heavy atom. The van der Waals surface area contributed by atoms with Crippen LogP contribution in [0.1, 0.15) is 53.9 Å². The van der Waals surface area contributed by atoms with Gasteiger partial charge in [-0.2, -0.15) is 0 Å². The Kier molecular flexibility index (Phi) is 3.60. The Morgan fingerprint density at radius 3 is 2.40 bits per heavy atom. The van der Waals surface area contributed by atoms with Crippen molar-refractivity contribution in [3.63, 3.8) is 0 Å². The van der Waals surface area contributed by atoms with Gasteiger partial charge in [-0.25, -0.2) is 0 Å². The molecular formula is C17H26O3. The first-order valence-electron chi connectivity index (χ1n) is 7.60. The van der Waals surface area contributed by atoms with E-state index in [2.05, 4.69) is 13.8 Å². The molecule has 0 aromatic carbocycles. The molecule has 0 aliphatic heterocycles. The maximum absolute atomic E-state index is 12.7. The first-order valence-corrected chi connectivity index (χ1v) is 7.60. The molecular weight excluding hydrogens is 252 g/mol. The summed E-state index contributed by atoms with van der Waals surface area (Å²) in [7, 11) is 0. The van der Waals surface area contributed by atoms with Crippen molar-refractivity contribution in [1.82, 2.24) is 0 Å². The summed E-state index contributed by atoms with van der Waals surface area (Å²) in [5.74, 6) is -0.620. The van der Waals surface area contributed by atoms with E-state index < -0.39 is 11.9 Å². The van der Waals surface area contributed by atoms with Crippen molar-refractivity contribution in [2.75, 3.05) is 0 Å². The predicted molar refractivity (Wildman–Crippen MR) is 78.3 cm³/mol. The Balaban J connectivity index is 2.36. The lowest BCUT2D eigenvalue weighted by atomic mass is 9.70. The second-order valence-corrected chi connectivity index (χ2v) is 7.67. The van der Waals surface area contributed by atoms with Crippen molar-refractivity contribution in [1.29, 1.82) is 0 Å². The Morgan fingerprint density at radius 1 is 1.40 bits per heavy atom. The van der Waals surface area contributed by atoms with Crippen LogP contribution in [0.5, 0.6) is 0 Å². The molecule has 0 aromatic rings. The molecule has 3 atom stereocenters. The molecule has 0 radical (unpaired) electrons. The number of carboxylic acids is 1. The Bertz CT molecular complexity index is 473. The summed E-state index contributed by atoms with van der Waals surface area (Å²) in [6.07, 6.45) is 4.30. The van der Waals surface area contributed by atoms with Gasteiger partial charge in [-0.05, 0) is 42.1 Å². The van der Waals surface area contributed by atoms with E-state index in [-0.39, 0.29) is 22.5 Å². The maximum Gasteiger partial charge on any atom is 0.310 e. The van der Waals surface area contributed by atoms with Crippen LogP contribution in [0.4, 0.5) is 0 Å². The average Bonchev–Trinajstić information content (AvgIpc) is 2.62. The third kappa shape index (κ3) is 2.02. The van der Waals surface area contributed by atoms with E-state index in [1.54, 1.807) is 6.08 Å². The van der Waals surface area contributed by atoms with Gasteiger partial charge in [-0.1, -0.05) is 40.7 Å². The van der Waals surface area contributed by atoms with Crippen molar-refractivity contribution in [2.45, 2.75) is 53.9 Å². The van der Waals surface area contributed by atoms with Crippen molar-refractivity contribution < 1.29 is 14.7 Å². The minimum Gasteiger partial charge on any atom is -0.481 e. The zero-order valence-corrected chi connectivity index (χ0v) is 13.2. The van der Waals surface area contributed by atoms with Gasteiger partial charge in [0.05, 0.1) is 5.92 Å². The summed E-state index contributed by atoms with van der Waals surface area (Å²) in [6.45, 7) is 10.4. The number of Topliss-reactive ketones (excluding diaryl/α,β-unsaturated/α-hetero) is 1. The standard InChI is InChI=1S/C17H26O3/c1-10(2)8-11(15(19)20)9-12-13-6-7-17(5,14(12)18)16(13,3)4/h9-11,13H,6-8H2,1-5H3,(H,19,20)/b12-9+. The summed E-state index contributed by atoms with van der Waals surface area (Å²) in [6, 6.07) is 0. The molecule has 0 aromatic heterocycles. The quantitative estimate of drug-likeness (QED) is 0.798. The molecule has 20 heavy (non-hydrogen) atoms. The van der Waals surface area contributed by atoms with Gasteiger partial charge in [-0.3, -0.25) is 9.59 Å². The van der Waals surface area contributed by atoms with Crippen molar-refractivity contribution >= 4 is 11.8 Å². The van der Waals surface area contributed by atoms with Crippen LogP contribution in [0.2, 0.25) is 0 Å². The Hall–Kier alpha value is -1.12.